The average molecular weight is 279 g/mol. The van der Waals surface area contributed by atoms with Gasteiger partial charge < -0.3 is 9.64 Å². The lowest BCUT2D eigenvalue weighted by atomic mass is 10.1. The second-order valence-corrected chi connectivity index (χ2v) is 5.08. The quantitative estimate of drug-likeness (QED) is 0.805. The topological polar surface area (TPSA) is 29.5 Å². The van der Waals surface area contributed by atoms with E-state index >= 15 is 0 Å². The van der Waals surface area contributed by atoms with Gasteiger partial charge in [-0.15, -0.1) is 0 Å². The second kappa shape index (κ2) is 5.83. The van der Waals surface area contributed by atoms with E-state index in [1.807, 2.05) is 36.4 Å². The molecule has 1 aliphatic rings. The molecule has 0 N–H and O–H groups in total. The van der Waals surface area contributed by atoms with Gasteiger partial charge >= 0.3 is 0 Å². The van der Waals surface area contributed by atoms with Crippen molar-refractivity contribution in [1.82, 2.24) is 4.90 Å². The first kappa shape index (κ1) is 13.4. The molecule has 0 spiro atoms. The number of nitrogens with zero attached hydrogens (tertiary/aromatic N) is 1. The van der Waals surface area contributed by atoms with Gasteiger partial charge in [0, 0.05) is 0 Å². The lowest BCUT2D eigenvalue weighted by Crippen LogP contribution is -2.55. The summed E-state index contributed by atoms with van der Waals surface area (Å²) in [5.41, 5.74) is 2.30. The molecule has 1 aliphatic heterocycles. The van der Waals surface area contributed by atoms with Crippen molar-refractivity contribution in [3.05, 3.63) is 67.3 Å². The predicted octanol–water partition coefficient (Wildman–Crippen LogP) is 3.13. The summed E-state index contributed by atoms with van der Waals surface area (Å²) < 4.78 is 5.91. The molecule has 2 aromatic rings. The average Bonchev–Trinajstić information content (AvgIpc) is 2.51. The Kier molecular flexibility index (Phi) is 3.73. The Labute approximate surface area is 124 Å². The van der Waals surface area contributed by atoms with Crippen molar-refractivity contribution in [3.8, 4) is 16.9 Å². The third-order valence-electron chi connectivity index (χ3n) is 3.58. The highest BCUT2D eigenvalue weighted by Gasteiger charge is 2.30. The zero-order valence-electron chi connectivity index (χ0n) is 11.7. The van der Waals surface area contributed by atoms with Gasteiger partial charge in [-0.2, -0.15) is 0 Å². The zero-order chi connectivity index (χ0) is 14.7. The number of likely N-dealkylation sites (tertiary alicyclic amines) is 1. The highest BCUT2D eigenvalue weighted by Crippen LogP contribution is 2.25. The van der Waals surface area contributed by atoms with Crippen LogP contribution in [-0.2, 0) is 4.79 Å². The molecule has 1 saturated heterocycles. The number of hydrogen-bond donors (Lipinski definition) is 0. The fourth-order valence-electron chi connectivity index (χ4n) is 2.39. The van der Waals surface area contributed by atoms with Crippen LogP contribution in [0.15, 0.2) is 67.3 Å². The minimum Gasteiger partial charge on any atom is -0.487 e. The maximum absolute atomic E-state index is 11.4. The van der Waals surface area contributed by atoms with E-state index in [0.717, 1.165) is 11.3 Å². The maximum atomic E-state index is 11.4. The molecule has 3 rings (SSSR count). The monoisotopic (exact) mass is 279 g/mol. The molecule has 0 aromatic heterocycles. The number of amides is 1. The van der Waals surface area contributed by atoms with Crippen LogP contribution < -0.4 is 4.74 Å². The van der Waals surface area contributed by atoms with E-state index in [-0.39, 0.29) is 12.0 Å². The minimum atomic E-state index is -0.0344. The zero-order valence-corrected chi connectivity index (χ0v) is 11.7. The van der Waals surface area contributed by atoms with Crippen LogP contribution in [0.1, 0.15) is 0 Å². The normalized spacial score (nSPS) is 14.4. The van der Waals surface area contributed by atoms with Gasteiger partial charge in [0.2, 0.25) is 5.91 Å². The molecular weight excluding hydrogens is 262 g/mol. The molecule has 0 radical (unpaired) electrons. The van der Waals surface area contributed by atoms with Crippen LogP contribution in [0, 0.1) is 0 Å². The molecule has 2 aromatic carbocycles. The molecule has 106 valence electrons. The largest absolute Gasteiger partial charge is 0.487 e. The molecule has 3 heteroatoms. The molecule has 1 heterocycles. The number of hydrogen-bond acceptors (Lipinski definition) is 2. The first-order valence-electron chi connectivity index (χ1n) is 7.00. The van der Waals surface area contributed by atoms with E-state index in [1.165, 1.54) is 11.6 Å². The summed E-state index contributed by atoms with van der Waals surface area (Å²) in [6.07, 6.45) is 1.41. The summed E-state index contributed by atoms with van der Waals surface area (Å²) in [4.78, 5) is 13.1. The molecule has 0 atom stereocenters. The second-order valence-electron chi connectivity index (χ2n) is 5.08. The summed E-state index contributed by atoms with van der Waals surface area (Å²) in [6, 6.07) is 18.2. The summed E-state index contributed by atoms with van der Waals surface area (Å²) in [6.45, 7) is 4.74. The van der Waals surface area contributed by atoms with Crippen molar-refractivity contribution >= 4 is 5.91 Å². The Bertz CT molecular complexity index is 645. The molecule has 1 fully saturated rings. The SMILES string of the molecule is C=CC(=O)N1CC(Oc2cccc(-c3ccccc3)c2)C1. The van der Waals surface area contributed by atoms with E-state index in [4.69, 9.17) is 4.74 Å². The molecule has 0 saturated carbocycles. The lowest BCUT2D eigenvalue weighted by molar-refractivity contribution is -0.134. The molecule has 0 unspecified atom stereocenters. The Balaban J connectivity index is 1.65. The van der Waals surface area contributed by atoms with Crippen LogP contribution in [0.2, 0.25) is 0 Å². The van der Waals surface area contributed by atoms with Crippen LogP contribution in [0.5, 0.6) is 5.75 Å². The van der Waals surface area contributed by atoms with Crippen LogP contribution in [0.25, 0.3) is 11.1 Å². The van der Waals surface area contributed by atoms with E-state index in [9.17, 15) is 4.79 Å². The molecule has 0 bridgehead atoms. The molecule has 3 nitrogen and oxygen atoms in total. The first-order valence-corrected chi connectivity index (χ1v) is 7.00. The first-order chi connectivity index (χ1) is 10.3. The van der Waals surface area contributed by atoms with Crippen molar-refractivity contribution in [2.24, 2.45) is 0 Å². The minimum absolute atomic E-state index is 0.0344. The van der Waals surface area contributed by atoms with Crippen molar-refractivity contribution in [3.63, 3.8) is 0 Å². The van der Waals surface area contributed by atoms with Gasteiger partial charge in [-0.1, -0.05) is 49.0 Å². The summed E-state index contributed by atoms with van der Waals surface area (Å²) in [5, 5.41) is 0. The van der Waals surface area contributed by atoms with E-state index in [1.54, 1.807) is 4.90 Å². The fourth-order valence-corrected chi connectivity index (χ4v) is 2.39. The van der Waals surface area contributed by atoms with E-state index in [0.29, 0.717) is 13.1 Å². The lowest BCUT2D eigenvalue weighted by Gasteiger charge is -2.38. The van der Waals surface area contributed by atoms with Gasteiger partial charge in [0.25, 0.3) is 0 Å². The van der Waals surface area contributed by atoms with Gasteiger partial charge in [-0.05, 0) is 29.3 Å². The summed E-state index contributed by atoms with van der Waals surface area (Å²) in [7, 11) is 0. The molecular formula is C18H17NO2. The molecule has 21 heavy (non-hydrogen) atoms. The number of carbonyl (C=O) groups is 1. The van der Waals surface area contributed by atoms with Gasteiger partial charge in [-0.3, -0.25) is 4.79 Å². The Morgan fingerprint density at radius 3 is 2.52 bits per heavy atom. The Morgan fingerprint density at radius 1 is 1.10 bits per heavy atom. The van der Waals surface area contributed by atoms with Crippen LogP contribution in [0.3, 0.4) is 0 Å². The number of ether oxygens (including phenoxy) is 1. The van der Waals surface area contributed by atoms with Crippen molar-refractivity contribution < 1.29 is 9.53 Å². The summed E-state index contributed by atoms with van der Waals surface area (Å²) in [5.74, 6) is 0.806. The highest BCUT2D eigenvalue weighted by molar-refractivity contribution is 5.87. The predicted molar refractivity (Wildman–Crippen MR) is 83.1 cm³/mol. The van der Waals surface area contributed by atoms with Crippen molar-refractivity contribution in [1.29, 1.82) is 0 Å². The Morgan fingerprint density at radius 2 is 1.81 bits per heavy atom. The number of carbonyl (C=O) groups excluding carboxylic acids is 1. The van der Waals surface area contributed by atoms with E-state index < -0.39 is 0 Å². The third kappa shape index (κ3) is 2.97. The van der Waals surface area contributed by atoms with Gasteiger partial charge in [-0.25, -0.2) is 0 Å². The maximum Gasteiger partial charge on any atom is 0.246 e. The van der Waals surface area contributed by atoms with Crippen LogP contribution >= 0.6 is 0 Å². The molecule has 0 aliphatic carbocycles. The van der Waals surface area contributed by atoms with Crippen LogP contribution in [-0.4, -0.2) is 30.0 Å². The van der Waals surface area contributed by atoms with Gasteiger partial charge in [0.15, 0.2) is 0 Å². The number of rotatable bonds is 4. The van der Waals surface area contributed by atoms with E-state index in [2.05, 4.69) is 24.8 Å². The summed E-state index contributed by atoms with van der Waals surface area (Å²) >= 11 is 0. The molecule has 1 amide bonds. The highest BCUT2D eigenvalue weighted by atomic mass is 16.5. The number of benzene rings is 2. The van der Waals surface area contributed by atoms with Gasteiger partial charge in [0.05, 0.1) is 13.1 Å². The fraction of sp³-hybridized carbons (Fsp3) is 0.167. The van der Waals surface area contributed by atoms with Crippen molar-refractivity contribution in [2.45, 2.75) is 6.10 Å². The van der Waals surface area contributed by atoms with Gasteiger partial charge in [0.1, 0.15) is 11.9 Å². The standard InChI is InChI=1S/C18H17NO2/c1-2-18(20)19-12-17(13-19)21-16-10-6-9-15(11-16)14-7-4-3-5-8-14/h2-11,17H,1,12-13H2. The van der Waals surface area contributed by atoms with Crippen LogP contribution in [0.4, 0.5) is 0 Å². The Hall–Kier alpha value is -2.55. The van der Waals surface area contributed by atoms with Crippen molar-refractivity contribution in [2.75, 3.05) is 13.1 Å². The third-order valence-corrected chi connectivity index (χ3v) is 3.58. The smallest absolute Gasteiger partial charge is 0.246 e.